The highest BCUT2D eigenvalue weighted by Gasteiger charge is 2.20. The third-order valence-corrected chi connectivity index (χ3v) is 5.33. The lowest BCUT2D eigenvalue weighted by Gasteiger charge is -2.14. The van der Waals surface area contributed by atoms with Crippen LogP contribution in [0.25, 0.3) is 22.3 Å². The molecule has 0 aliphatic heterocycles. The first-order chi connectivity index (χ1) is 21.0. The quantitative estimate of drug-likeness (QED) is 0.0744. The molecule has 0 unspecified atom stereocenters. The van der Waals surface area contributed by atoms with E-state index in [1.807, 2.05) is 13.8 Å². The van der Waals surface area contributed by atoms with Crippen LogP contribution in [0.15, 0.2) is 97.1 Å². The summed E-state index contributed by atoms with van der Waals surface area (Å²) >= 11 is 0. The number of esters is 3. The van der Waals surface area contributed by atoms with Gasteiger partial charge in [-0.1, -0.05) is 37.4 Å². The topological polar surface area (TPSA) is 105 Å². The van der Waals surface area contributed by atoms with Gasteiger partial charge in [0.2, 0.25) is 0 Å². The molecule has 0 aliphatic rings. The van der Waals surface area contributed by atoms with Gasteiger partial charge in [0.1, 0.15) is 23.0 Å². The molecular weight excluding hydrogens is 586 g/mol. The summed E-state index contributed by atoms with van der Waals surface area (Å²) in [6.45, 7) is 22.4. The van der Waals surface area contributed by atoms with Gasteiger partial charge in [-0.3, -0.25) is 4.79 Å². The van der Waals surface area contributed by atoms with Gasteiger partial charge in [0.25, 0.3) is 6.47 Å². The monoisotopic (exact) mass is 618 g/mol. The third-order valence-electron chi connectivity index (χ3n) is 5.33. The fraction of sp³-hybridized carbons (Fsp3) is 0.143. The molecule has 10 heteroatoms. The highest BCUT2D eigenvalue weighted by molar-refractivity contribution is 5.91. The Morgan fingerprint density at radius 2 is 0.867 bits per heavy atom. The summed E-state index contributed by atoms with van der Waals surface area (Å²) in [5.74, 6) is -5.40. The van der Waals surface area contributed by atoms with E-state index in [0.29, 0.717) is 0 Å². The van der Waals surface area contributed by atoms with E-state index in [1.165, 1.54) is 74.9 Å². The number of allylic oxidation sites excluding steroid dienone is 1. The molecule has 0 aliphatic carbocycles. The number of hydrogen-bond acceptors (Lipinski definition) is 8. The van der Waals surface area contributed by atoms with Gasteiger partial charge in [-0.15, -0.1) is 6.58 Å². The normalized spacial score (nSPS) is 9.93. The Kier molecular flexibility index (Phi) is 12.4. The number of carbonyl (C=O) groups is 4. The number of rotatable bonds is 10. The van der Waals surface area contributed by atoms with Gasteiger partial charge in [-0.2, -0.15) is 0 Å². The lowest BCUT2D eigenvalue weighted by molar-refractivity contribution is -0.131. The summed E-state index contributed by atoms with van der Waals surface area (Å²) in [6.07, 6.45) is 0. The first kappa shape index (κ1) is 35.6. The summed E-state index contributed by atoms with van der Waals surface area (Å²) < 4.78 is 51.5. The van der Waals surface area contributed by atoms with Crippen molar-refractivity contribution >= 4 is 24.4 Å². The molecule has 0 heterocycles. The lowest BCUT2D eigenvalue weighted by atomic mass is 9.98. The maximum absolute atomic E-state index is 15.5. The molecule has 3 aromatic rings. The minimum absolute atomic E-state index is 0.0126. The van der Waals surface area contributed by atoms with Gasteiger partial charge in [0, 0.05) is 40.0 Å². The number of hydrogen-bond donors (Lipinski definition) is 0. The lowest BCUT2D eigenvalue weighted by Crippen LogP contribution is -2.10. The van der Waals surface area contributed by atoms with Gasteiger partial charge < -0.3 is 18.9 Å². The number of benzene rings is 3. The molecule has 3 aromatic carbocycles. The van der Waals surface area contributed by atoms with E-state index >= 15 is 8.78 Å². The van der Waals surface area contributed by atoms with E-state index in [4.69, 9.17) is 18.9 Å². The van der Waals surface area contributed by atoms with Gasteiger partial charge >= 0.3 is 17.9 Å². The largest absolute Gasteiger partial charge is 0.429 e. The summed E-state index contributed by atoms with van der Waals surface area (Å²) in [6, 6.07) is 9.93. The third kappa shape index (κ3) is 10.2. The SMILES string of the molecule is C=C(C)C.C=C(C)C(=O)Oc1cc(OC=O)cc(-c2ccc(-c3cc(OC(=O)C(=C)C)cc(OC(=O)C(=C)C)c3)c(F)c2F)c1. The van der Waals surface area contributed by atoms with E-state index in [9.17, 15) is 19.2 Å². The molecule has 3 rings (SSSR count). The second kappa shape index (κ2) is 15.7. The van der Waals surface area contributed by atoms with Crippen molar-refractivity contribution < 1.29 is 46.9 Å². The van der Waals surface area contributed by atoms with Crippen LogP contribution < -0.4 is 18.9 Å². The van der Waals surface area contributed by atoms with Crippen LogP contribution >= 0.6 is 0 Å². The molecule has 0 spiro atoms. The molecule has 234 valence electrons. The molecule has 0 atom stereocenters. The maximum Gasteiger partial charge on any atom is 0.338 e. The van der Waals surface area contributed by atoms with Crippen LogP contribution in [0.3, 0.4) is 0 Å². The molecular formula is C35H32F2O8. The molecule has 0 N–H and O–H groups in total. The van der Waals surface area contributed by atoms with Gasteiger partial charge in [0.15, 0.2) is 11.6 Å². The molecule has 0 saturated heterocycles. The highest BCUT2D eigenvalue weighted by Crippen LogP contribution is 2.37. The highest BCUT2D eigenvalue weighted by atomic mass is 19.2. The summed E-state index contributed by atoms with van der Waals surface area (Å²) in [7, 11) is 0. The Balaban J connectivity index is 0.00000166. The van der Waals surface area contributed by atoms with Crippen molar-refractivity contribution in [3.05, 3.63) is 109 Å². The number of ether oxygens (including phenoxy) is 4. The molecule has 0 amide bonds. The van der Waals surface area contributed by atoms with E-state index in [1.54, 1.807) is 0 Å². The van der Waals surface area contributed by atoms with E-state index in [0.717, 1.165) is 0 Å². The predicted molar refractivity (Wildman–Crippen MR) is 166 cm³/mol. The predicted octanol–water partition coefficient (Wildman–Crippen LogP) is 7.86. The second-order valence-electron chi connectivity index (χ2n) is 10.1. The van der Waals surface area contributed by atoms with Crippen molar-refractivity contribution in [2.75, 3.05) is 0 Å². The molecule has 0 aromatic heterocycles. The van der Waals surface area contributed by atoms with Crippen molar-refractivity contribution in [1.29, 1.82) is 0 Å². The van der Waals surface area contributed by atoms with E-state index < -0.39 is 29.5 Å². The van der Waals surface area contributed by atoms with Crippen LogP contribution in [-0.4, -0.2) is 24.4 Å². The Labute approximate surface area is 259 Å². The van der Waals surface area contributed by atoms with Gasteiger partial charge in [-0.05, 0) is 70.0 Å². The summed E-state index contributed by atoms with van der Waals surface area (Å²) in [4.78, 5) is 47.0. The fourth-order valence-electron chi connectivity index (χ4n) is 3.33. The standard InChI is InChI=1S/C31H24F2O8.C4H8/c1-16(2)29(35)39-22-10-19(9-21(13-22)38-15-34)25-7-8-26(28(33)27(25)32)20-11-23(40-30(36)17(3)4)14-24(12-20)41-31(37)18(5)6;1-4(2)3/h7-15H,1,3,5H2,2,4,6H3;1H2,2-3H3. The summed E-state index contributed by atoms with van der Waals surface area (Å²) in [5, 5.41) is 0. The summed E-state index contributed by atoms with van der Waals surface area (Å²) in [5.41, 5.74) is 0.920. The molecule has 0 saturated carbocycles. The zero-order chi connectivity index (χ0) is 34.0. The second-order valence-corrected chi connectivity index (χ2v) is 10.1. The minimum Gasteiger partial charge on any atom is -0.429 e. The average molecular weight is 619 g/mol. The Bertz CT molecular complexity index is 1670. The molecule has 0 fully saturated rings. The van der Waals surface area contributed by atoms with Crippen molar-refractivity contribution in [1.82, 2.24) is 0 Å². The van der Waals surface area contributed by atoms with Gasteiger partial charge in [-0.25, -0.2) is 23.2 Å². The van der Waals surface area contributed by atoms with Crippen molar-refractivity contribution in [2.45, 2.75) is 34.6 Å². The van der Waals surface area contributed by atoms with Gasteiger partial charge in [0.05, 0.1) is 0 Å². The van der Waals surface area contributed by atoms with Crippen LogP contribution in [0.2, 0.25) is 0 Å². The molecule has 45 heavy (non-hydrogen) atoms. The molecule has 0 radical (unpaired) electrons. The Morgan fingerprint density at radius 3 is 1.16 bits per heavy atom. The number of carbonyl (C=O) groups excluding carboxylic acids is 4. The average Bonchev–Trinajstić information content (AvgIpc) is 2.93. The van der Waals surface area contributed by atoms with Crippen LogP contribution in [0.5, 0.6) is 23.0 Å². The first-order valence-corrected chi connectivity index (χ1v) is 13.2. The van der Waals surface area contributed by atoms with E-state index in [2.05, 4.69) is 26.3 Å². The smallest absolute Gasteiger partial charge is 0.338 e. The van der Waals surface area contributed by atoms with Crippen LogP contribution in [-0.2, 0) is 19.2 Å². The van der Waals surface area contributed by atoms with Crippen molar-refractivity contribution in [3.8, 4) is 45.3 Å². The fourth-order valence-corrected chi connectivity index (χ4v) is 3.33. The first-order valence-electron chi connectivity index (χ1n) is 13.2. The zero-order valence-electron chi connectivity index (χ0n) is 25.5. The van der Waals surface area contributed by atoms with E-state index in [-0.39, 0.29) is 68.4 Å². The van der Waals surface area contributed by atoms with Crippen molar-refractivity contribution in [3.63, 3.8) is 0 Å². The van der Waals surface area contributed by atoms with Crippen molar-refractivity contribution in [2.24, 2.45) is 0 Å². The number of halogens is 2. The maximum atomic E-state index is 15.5. The molecule has 8 nitrogen and oxygen atoms in total. The van der Waals surface area contributed by atoms with Crippen LogP contribution in [0, 0.1) is 11.6 Å². The zero-order valence-corrected chi connectivity index (χ0v) is 25.5. The Hall–Kier alpha value is -5.64. The minimum atomic E-state index is -1.30. The molecule has 0 bridgehead atoms. The van der Waals surface area contributed by atoms with Crippen LogP contribution in [0.4, 0.5) is 8.78 Å². The Morgan fingerprint density at radius 1 is 0.578 bits per heavy atom. The van der Waals surface area contributed by atoms with Crippen LogP contribution in [0.1, 0.15) is 34.6 Å².